The maximum Gasteiger partial charge on any atom is 0.337 e. The molecule has 0 aliphatic carbocycles. The summed E-state index contributed by atoms with van der Waals surface area (Å²) in [6, 6.07) is 10.0. The fourth-order valence-electron chi connectivity index (χ4n) is 3.00. The first kappa shape index (κ1) is 25.4. The Bertz CT molecular complexity index is 1040. The molecule has 0 fully saturated rings. The summed E-state index contributed by atoms with van der Waals surface area (Å²) in [5.41, 5.74) is 1.48. The van der Waals surface area contributed by atoms with E-state index < -0.39 is 5.97 Å². The van der Waals surface area contributed by atoms with Gasteiger partial charge in [-0.2, -0.15) is 0 Å². The second kappa shape index (κ2) is 11.1. The molecule has 0 spiro atoms. The van der Waals surface area contributed by atoms with Gasteiger partial charge in [0.2, 0.25) is 0 Å². The summed E-state index contributed by atoms with van der Waals surface area (Å²) in [5, 5.41) is 0.543. The first-order valence-electron chi connectivity index (χ1n) is 9.56. The third-order valence-electron chi connectivity index (χ3n) is 4.70. The van der Waals surface area contributed by atoms with Gasteiger partial charge in [-0.15, -0.1) is 12.4 Å². The number of anilines is 1. The number of benzene rings is 2. The Morgan fingerprint density at radius 3 is 2.06 bits per heavy atom. The lowest BCUT2D eigenvalue weighted by atomic mass is 10.1. The third-order valence-corrected chi connectivity index (χ3v) is 5.79. The van der Waals surface area contributed by atoms with E-state index in [0.29, 0.717) is 46.4 Å². The Balaban J connectivity index is 0.00000363. The molecule has 2 aromatic carbocycles. The smallest absolute Gasteiger partial charge is 0.337 e. The minimum atomic E-state index is -0.450. The lowest BCUT2D eigenvalue weighted by molar-refractivity contribution is 0.0600. The van der Waals surface area contributed by atoms with Gasteiger partial charge in [-0.25, -0.2) is 9.78 Å². The topological polar surface area (TPSA) is 81.2 Å². The number of methoxy groups -OCH3 is 3. The summed E-state index contributed by atoms with van der Waals surface area (Å²) in [6.07, 6.45) is 0. The van der Waals surface area contributed by atoms with Crippen LogP contribution in [0.1, 0.15) is 20.7 Å². The van der Waals surface area contributed by atoms with E-state index in [1.165, 1.54) is 18.4 Å². The molecule has 1 aromatic heterocycles. The third kappa shape index (κ3) is 5.29. The van der Waals surface area contributed by atoms with Crippen molar-refractivity contribution in [2.45, 2.75) is 0 Å². The predicted molar refractivity (Wildman–Crippen MR) is 128 cm³/mol. The quantitative estimate of drug-likeness (QED) is 0.455. The highest BCUT2D eigenvalue weighted by molar-refractivity contribution is 7.22. The van der Waals surface area contributed by atoms with Gasteiger partial charge in [0.25, 0.3) is 5.91 Å². The monoisotopic (exact) mass is 479 g/mol. The van der Waals surface area contributed by atoms with Crippen LogP contribution in [0.2, 0.25) is 0 Å². The number of hydrogen-bond donors (Lipinski definition) is 0. The average molecular weight is 480 g/mol. The van der Waals surface area contributed by atoms with E-state index in [-0.39, 0.29) is 18.3 Å². The first-order valence-corrected chi connectivity index (χ1v) is 10.4. The molecule has 0 aliphatic rings. The molecule has 0 bridgehead atoms. The molecule has 172 valence electrons. The van der Waals surface area contributed by atoms with Gasteiger partial charge in [-0.05, 0) is 50.5 Å². The molecular weight excluding hydrogens is 454 g/mol. The van der Waals surface area contributed by atoms with Gasteiger partial charge in [0.15, 0.2) is 5.13 Å². The molecule has 0 saturated carbocycles. The minimum absolute atomic E-state index is 0. The zero-order valence-corrected chi connectivity index (χ0v) is 20.2. The second-order valence-corrected chi connectivity index (χ2v) is 7.95. The molecule has 3 rings (SSSR count). The predicted octanol–water partition coefficient (Wildman–Crippen LogP) is 3.73. The van der Waals surface area contributed by atoms with Gasteiger partial charge < -0.3 is 19.1 Å². The number of rotatable bonds is 8. The highest BCUT2D eigenvalue weighted by Crippen LogP contribution is 2.40. The minimum Gasteiger partial charge on any atom is -0.495 e. The number of esters is 1. The summed E-state index contributed by atoms with van der Waals surface area (Å²) in [4.78, 5) is 33.4. The van der Waals surface area contributed by atoms with E-state index in [9.17, 15) is 9.59 Å². The van der Waals surface area contributed by atoms with Crippen LogP contribution in [0.15, 0.2) is 36.4 Å². The van der Waals surface area contributed by atoms with Crippen molar-refractivity contribution in [3.8, 4) is 11.5 Å². The Kier molecular flexibility index (Phi) is 8.82. The number of amides is 1. The van der Waals surface area contributed by atoms with Crippen molar-refractivity contribution in [3.63, 3.8) is 0 Å². The van der Waals surface area contributed by atoms with E-state index in [2.05, 4.69) is 0 Å². The van der Waals surface area contributed by atoms with Crippen LogP contribution in [0.4, 0.5) is 5.13 Å². The molecule has 0 unspecified atom stereocenters. The number of hydrogen-bond acceptors (Lipinski definition) is 8. The summed E-state index contributed by atoms with van der Waals surface area (Å²) in [5.74, 6) is 0.617. The maximum absolute atomic E-state index is 13.4. The highest BCUT2D eigenvalue weighted by Gasteiger charge is 2.24. The van der Waals surface area contributed by atoms with Crippen molar-refractivity contribution in [1.82, 2.24) is 9.88 Å². The molecule has 0 aliphatic heterocycles. The van der Waals surface area contributed by atoms with Crippen molar-refractivity contribution >= 4 is 51.0 Å². The molecule has 8 nitrogen and oxygen atoms in total. The molecule has 10 heteroatoms. The number of carbonyl (C=O) groups is 2. The number of nitrogens with zero attached hydrogens (tertiary/aromatic N) is 3. The van der Waals surface area contributed by atoms with Crippen LogP contribution in [0.25, 0.3) is 10.2 Å². The number of carbonyl (C=O) groups excluding carboxylic acids is 2. The zero-order chi connectivity index (χ0) is 22.5. The SMILES string of the molecule is COC(=O)c1ccc(C(=O)N(CCN(C)C)c2nc3c(OC)ccc(OC)c3s2)cc1.Cl. The molecule has 32 heavy (non-hydrogen) atoms. The first-order chi connectivity index (χ1) is 14.9. The maximum atomic E-state index is 13.4. The fourth-order valence-corrected chi connectivity index (χ4v) is 4.10. The van der Waals surface area contributed by atoms with Crippen LogP contribution in [0.3, 0.4) is 0 Å². The van der Waals surface area contributed by atoms with E-state index in [0.717, 1.165) is 4.70 Å². The molecule has 3 aromatic rings. The van der Waals surface area contributed by atoms with Crippen molar-refractivity contribution in [3.05, 3.63) is 47.5 Å². The number of thiazole rings is 1. The van der Waals surface area contributed by atoms with E-state index in [4.69, 9.17) is 19.2 Å². The summed E-state index contributed by atoms with van der Waals surface area (Å²) in [7, 11) is 8.38. The largest absolute Gasteiger partial charge is 0.495 e. The molecule has 0 N–H and O–H groups in total. The Morgan fingerprint density at radius 2 is 1.50 bits per heavy atom. The van der Waals surface area contributed by atoms with Crippen molar-refractivity contribution in [2.24, 2.45) is 0 Å². The summed E-state index contributed by atoms with van der Waals surface area (Å²) >= 11 is 1.37. The number of fused-ring (bicyclic) bond motifs is 1. The van der Waals surface area contributed by atoms with Crippen molar-refractivity contribution in [2.75, 3.05) is 53.4 Å². The van der Waals surface area contributed by atoms with Gasteiger partial charge in [0.1, 0.15) is 21.7 Å². The van der Waals surface area contributed by atoms with Crippen LogP contribution < -0.4 is 14.4 Å². The van der Waals surface area contributed by atoms with Crippen LogP contribution in [0, 0.1) is 0 Å². The van der Waals surface area contributed by atoms with E-state index in [1.807, 2.05) is 25.1 Å². The van der Waals surface area contributed by atoms with Crippen LogP contribution in [-0.4, -0.2) is 70.3 Å². The number of likely N-dealkylation sites (N-methyl/N-ethyl adjacent to an activating group) is 1. The van der Waals surface area contributed by atoms with Crippen LogP contribution >= 0.6 is 23.7 Å². The number of aromatic nitrogens is 1. The molecule has 0 atom stereocenters. The zero-order valence-electron chi connectivity index (χ0n) is 18.6. The van der Waals surface area contributed by atoms with Crippen molar-refractivity contribution in [1.29, 1.82) is 0 Å². The normalized spacial score (nSPS) is 10.6. The number of ether oxygens (including phenoxy) is 3. The molecule has 0 radical (unpaired) electrons. The van der Waals surface area contributed by atoms with Crippen LogP contribution in [-0.2, 0) is 4.74 Å². The Labute approximate surface area is 197 Å². The van der Waals surface area contributed by atoms with Crippen molar-refractivity contribution < 1.29 is 23.8 Å². The second-order valence-electron chi connectivity index (χ2n) is 6.97. The standard InChI is InChI=1S/C22H25N3O5S.ClH/c1-24(2)12-13-25(20(26)14-6-8-15(9-7-14)21(27)30-5)22-23-18-16(28-3)10-11-17(29-4)19(18)31-22;/h6-11H,12-13H2,1-5H3;1H. The highest BCUT2D eigenvalue weighted by atomic mass is 35.5. The van der Waals surface area contributed by atoms with E-state index in [1.54, 1.807) is 49.5 Å². The molecule has 1 heterocycles. The Morgan fingerprint density at radius 1 is 0.906 bits per heavy atom. The lowest BCUT2D eigenvalue weighted by Gasteiger charge is -2.22. The Hall–Kier alpha value is -2.88. The molecule has 1 amide bonds. The molecule has 0 saturated heterocycles. The summed E-state index contributed by atoms with van der Waals surface area (Å²) < 4.78 is 16.4. The average Bonchev–Trinajstić information content (AvgIpc) is 3.22. The van der Waals surface area contributed by atoms with Gasteiger partial charge in [-0.1, -0.05) is 11.3 Å². The lowest BCUT2D eigenvalue weighted by Crippen LogP contribution is -2.36. The van der Waals surface area contributed by atoms with Gasteiger partial charge in [0.05, 0.1) is 26.9 Å². The van der Waals surface area contributed by atoms with Crippen LogP contribution in [0.5, 0.6) is 11.5 Å². The fraction of sp³-hybridized carbons (Fsp3) is 0.318. The van der Waals surface area contributed by atoms with E-state index >= 15 is 0 Å². The van der Waals surface area contributed by atoms with Gasteiger partial charge in [0, 0.05) is 18.7 Å². The molecular formula is C22H26ClN3O5S. The number of halogens is 1. The van der Waals surface area contributed by atoms with Gasteiger partial charge in [-0.3, -0.25) is 9.69 Å². The van der Waals surface area contributed by atoms with Gasteiger partial charge >= 0.3 is 5.97 Å². The summed E-state index contributed by atoms with van der Waals surface area (Å²) in [6.45, 7) is 1.09.